The monoisotopic (exact) mass is 573 g/mol. The van der Waals surface area contributed by atoms with Crippen molar-refractivity contribution in [2.75, 3.05) is 26.7 Å². The van der Waals surface area contributed by atoms with Crippen molar-refractivity contribution in [1.29, 1.82) is 0 Å². The second-order valence-corrected chi connectivity index (χ2v) is 11.3. The SMILES string of the molecule is CC(=O)N1CC(=O)N[C@H](CC(C)C)C(=O)N(C)[C@@H](C)C(=O)N[C@@H](Cc2ccccc2)C(=O)N[C@H]2CCO[C@H](C1)[C@H]2O. The van der Waals surface area contributed by atoms with Crippen molar-refractivity contribution in [2.24, 2.45) is 5.92 Å². The number of rotatable bonds is 4. The van der Waals surface area contributed by atoms with E-state index in [9.17, 15) is 29.1 Å². The van der Waals surface area contributed by atoms with E-state index in [0.29, 0.717) is 12.8 Å². The number of aliphatic hydroxyl groups is 1. The molecule has 0 saturated carbocycles. The molecule has 12 heteroatoms. The summed E-state index contributed by atoms with van der Waals surface area (Å²) < 4.78 is 5.74. The lowest BCUT2D eigenvalue weighted by Crippen LogP contribution is -2.60. The molecule has 226 valence electrons. The minimum Gasteiger partial charge on any atom is -0.388 e. The van der Waals surface area contributed by atoms with E-state index in [1.54, 1.807) is 6.92 Å². The molecule has 2 aliphatic rings. The van der Waals surface area contributed by atoms with Gasteiger partial charge in [-0.2, -0.15) is 0 Å². The van der Waals surface area contributed by atoms with Gasteiger partial charge in [-0.15, -0.1) is 0 Å². The molecule has 2 fully saturated rings. The fourth-order valence-corrected chi connectivity index (χ4v) is 5.07. The van der Waals surface area contributed by atoms with E-state index in [2.05, 4.69) is 16.0 Å². The zero-order valence-electron chi connectivity index (χ0n) is 24.5. The third-order valence-electron chi connectivity index (χ3n) is 7.63. The van der Waals surface area contributed by atoms with Crippen LogP contribution < -0.4 is 16.0 Å². The maximum absolute atomic E-state index is 13.5. The summed E-state index contributed by atoms with van der Waals surface area (Å²) in [5.41, 5.74) is 0.818. The highest BCUT2D eigenvalue weighted by Crippen LogP contribution is 2.18. The van der Waals surface area contributed by atoms with Gasteiger partial charge < -0.3 is 35.6 Å². The van der Waals surface area contributed by atoms with E-state index in [1.807, 2.05) is 44.2 Å². The number of carbonyl (C=O) groups excluding carboxylic acids is 5. The van der Waals surface area contributed by atoms with Gasteiger partial charge in [-0.1, -0.05) is 44.2 Å². The Morgan fingerprint density at radius 3 is 2.37 bits per heavy atom. The van der Waals surface area contributed by atoms with Gasteiger partial charge in [0.05, 0.1) is 19.1 Å². The molecule has 2 heterocycles. The third-order valence-corrected chi connectivity index (χ3v) is 7.63. The first-order valence-corrected chi connectivity index (χ1v) is 14.1. The van der Waals surface area contributed by atoms with Crippen molar-refractivity contribution < 1.29 is 33.8 Å². The van der Waals surface area contributed by atoms with E-state index in [0.717, 1.165) is 5.56 Å². The lowest BCUT2D eigenvalue weighted by atomic mass is 9.97. The van der Waals surface area contributed by atoms with Crippen LogP contribution in [0.25, 0.3) is 0 Å². The molecule has 2 bridgehead atoms. The van der Waals surface area contributed by atoms with Gasteiger partial charge >= 0.3 is 0 Å². The average Bonchev–Trinajstić information content (AvgIpc) is 2.92. The van der Waals surface area contributed by atoms with Gasteiger partial charge in [0, 0.05) is 27.0 Å². The highest BCUT2D eigenvalue weighted by atomic mass is 16.5. The molecule has 0 spiro atoms. The lowest BCUT2D eigenvalue weighted by Gasteiger charge is -2.38. The molecule has 3 rings (SSSR count). The number of amides is 5. The smallest absolute Gasteiger partial charge is 0.245 e. The number of hydrogen-bond acceptors (Lipinski definition) is 7. The molecular weight excluding hydrogens is 530 g/mol. The lowest BCUT2D eigenvalue weighted by molar-refractivity contribution is -0.144. The molecule has 0 radical (unpaired) electrons. The Morgan fingerprint density at radius 2 is 1.73 bits per heavy atom. The fourth-order valence-electron chi connectivity index (χ4n) is 5.07. The first kappa shape index (κ1) is 32.0. The second-order valence-electron chi connectivity index (χ2n) is 11.3. The molecule has 0 unspecified atom stereocenters. The first-order valence-electron chi connectivity index (χ1n) is 14.1. The fraction of sp³-hybridized carbons (Fsp3) is 0.621. The normalized spacial score (nSPS) is 29.0. The molecule has 0 aromatic heterocycles. The van der Waals surface area contributed by atoms with Crippen molar-refractivity contribution in [3.63, 3.8) is 0 Å². The van der Waals surface area contributed by atoms with Crippen LogP contribution in [0.4, 0.5) is 0 Å². The van der Waals surface area contributed by atoms with E-state index in [1.165, 1.54) is 23.8 Å². The molecule has 4 N–H and O–H groups in total. The summed E-state index contributed by atoms with van der Waals surface area (Å²) in [4.78, 5) is 68.4. The number of likely N-dealkylation sites (N-methyl/N-ethyl adjacent to an activating group) is 1. The average molecular weight is 574 g/mol. The number of benzene rings is 1. The minimum absolute atomic E-state index is 0.0430. The largest absolute Gasteiger partial charge is 0.388 e. The number of aliphatic hydroxyl groups excluding tert-OH is 1. The highest BCUT2D eigenvalue weighted by Gasteiger charge is 2.38. The van der Waals surface area contributed by atoms with Gasteiger partial charge in [0.15, 0.2) is 0 Å². The summed E-state index contributed by atoms with van der Waals surface area (Å²) in [6, 6.07) is 5.62. The van der Waals surface area contributed by atoms with Gasteiger partial charge in [-0.3, -0.25) is 24.0 Å². The molecule has 1 aromatic carbocycles. The van der Waals surface area contributed by atoms with Crippen LogP contribution in [0.5, 0.6) is 0 Å². The van der Waals surface area contributed by atoms with E-state index in [4.69, 9.17) is 4.74 Å². The number of nitrogens with one attached hydrogen (secondary N) is 3. The van der Waals surface area contributed by atoms with Gasteiger partial charge in [0.25, 0.3) is 0 Å². The molecule has 6 atom stereocenters. The summed E-state index contributed by atoms with van der Waals surface area (Å²) in [5, 5.41) is 19.5. The molecule has 2 saturated heterocycles. The maximum atomic E-state index is 13.5. The van der Waals surface area contributed by atoms with E-state index in [-0.39, 0.29) is 32.0 Å². The van der Waals surface area contributed by atoms with Crippen molar-refractivity contribution >= 4 is 29.5 Å². The predicted octanol–water partition coefficient (Wildman–Crippen LogP) is -0.412. The Balaban J connectivity index is 1.97. The van der Waals surface area contributed by atoms with Crippen LogP contribution in [0.1, 0.15) is 46.1 Å². The number of fused-ring (bicyclic) bond motifs is 2. The predicted molar refractivity (Wildman–Crippen MR) is 150 cm³/mol. The van der Waals surface area contributed by atoms with Crippen LogP contribution in [-0.2, 0) is 35.1 Å². The van der Waals surface area contributed by atoms with Crippen molar-refractivity contribution in [3.8, 4) is 0 Å². The van der Waals surface area contributed by atoms with Crippen LogP contribution >= 0.6 is 0 Å². The second kappa shape index (κ2) is 14.4. The summed E-state index contributed by atoms with van der Waals surface area (Å²) in [6.07, 6.45) is -1.20. The molecule has 5 amide bonds. The Morgan fingerprint density at radius 1 is 1.05 bits per heavy atom. The minimum atomic E-state index is -1.17. The Labute approximate surface area is 241 Å². The van der Waals surface area contributed by atoms with Crippen LogP contribution in [0.2, 0.25) is 0 Å². The number of carbonyl (C=O) groups is 5. The molecular formula is C29H43N5O7. The van der Waals surface area contributed by atoms with Gasteiger partial charge in [-0.25, -0.2) is 0 Å². The van der Waals surface area contributed by atoms with E-state index < -0.39 is 65.9 Å². The van der Waals surface area contributed by atoms with E-state index >= 15 is 0 Å². The Bertz CT molecular complexity index is 1100. The summed E-state index contributed by atoms with van der Waals surface area (Å²) in [7, 11) is 1.48. The van der Waals surface area contributed by atoms with Gasteiger partial charge in [0.1, 0.15) is 30.3 Å². The number of nitrogens with zero attached hydrogens (tertiary/aromatic N) is 2. The molecule has 41 heavy (non-hydrogen) atoms. The number of ether oxygens (including phenoxy) is 1. The van der Waals surface area contributed by atoms with Crippen LogP contribution in [0, 0.1) is 5.92 Å². The summed E-state index contributed by atoms with van der Waals surface area (Å²) in [5.74, 6) is -2.41. The first-order chi connectivity index (χ1) is 19.4. The highest BCUT2D eigenvalue weighted by molar-refractivity contribution is 5.94. The standard InChI is InChI=1S/C29H43N5O7/c1-17(2)13-23-29(40)33(5)18(3)27(38)32-22(14-20-9-7-6-8-10-20)28(39)31-21-11-12-41-24(26(21)37)15-34(19(4)35)16-25(36)30-23/h6-10,17-18,21-24,26,37H,11-16H2,1-5H3,(H,30,36)(H,31,39)(H,32,38)/t18-,21-,22-,23+,24+,26-/m0/s1. The molecule has 12 nitrogen and oxygen atoms in total. The molecule has 0 aliphatic carbocycles. The van der Waals surface area contributed by atoms with Crippen LogP contribution in [0.3, 0.4) is 0 Å². The van der Waals surface area contributed by atoms with Crippen molar-refractivity contribution in [1.82, 2.24) is 25.8 Å². The Kier molecular flexibility index (Phi) is 11.2. The van der Waals surface area contributed by atoms with Gasteiger partial charge in [0.2, 0.25) is 29.5 Å². The quantitative estimate of drug-likeness (QED) is 0.381. The topological polar surface area (TPSA) is 157 Å². The molecule has 1 aromatic rings. The van der Waals surface area contributed by atoms with Crippen LogP contribution in [0.15, 0.2) is 30.3 Å². The summed E-state index contributed by atoms with van der Waals surface area (Å²) in [6.45, 7) is 6.46. The third kappa shape index (κ3) is 8.74. The van der Waals surface area contributed by atoms with Gasteiger partial charge in [-0.05, 0) is 31.2 Å². The Hall–Kier alpha value is -3.51. The molecule has 2 aliphatic heterocycles. The summed E-state index contributed by atoms with van der Waals surface area (Å²) >= 11 is 0. The zero-order chi connectivity index (χ0) is 30.3. The maximum Gasteiger partial charge on any atom is 0.245 e. The zero-order valence-corrected chi connectivity index (χ0v) is 24.5. The van der Waals surface area contributed by atoms with Crippen molar-refractivity contribution in [2.45, 2.75) is 83.3 Å². The van der Waals surface area contributed by atoms with Crippen molar-refractivity contribution in [3.05, 3.63) is 35.9 Å². The van der Waals surface area contributed by atoms with Crippen LogP contribution in [-0.4, -0.2) is 108 Å². The number of hydrogen-bond donors (Lipinski definition) is 4.